The van der Waals surface area contributed by atoms with Crippen LogP contribution >= 0.6 is 0 Å². The van der Waals surface area contributed by atoms with Crippen LogP contribution in [0.1, 0.15) is 37.0 Å². The van der Waals surface area contributed by atoms with E-state index in [1.54, 1.807) is 18.3 Å². The summed E-state index contributed by atoms with van der Waals surface area (Å²) >= 11 is 0. The molecule has 1 amide bonds. The molecule has 4 heteroatoms. The van der Waals surface area contributed by atoms with E-state index in [2.05, 4.69) is 18.8 Å². The third-order valence-electron chi connectivity index (χ3n) is 2.84. The molecule has 1 fully saturated rings. The molecule has 4 nitrogen and oxygen atoms in total. The first-order chi connectivity index (χ1) is 8.08. The molecular formula is C13H19N3O. The minimum absolute atomic E-state index is 0.0775. The fourth-order valence-electron chi connectivity index (χ4n) is 1.88. The van der Waals surface area contributed by atoms with Crippen molar-refractivity contribution in [2.24, 2.45) is 5.92 Å². The van der Waals surface area contributed by atoms with E-state index in [9.17, 15) is 4.79 Å². The highest BCUT2D eigenvalue weighted by molar-refractivity contribution is 5.94. The van der Waals surface area contributed by atoms with Crippen molar-refractivity contribution >= 4 is 11.7 Å². The average molecular weight is 233 g/mol. The largest absolute Gasteiger partial charge is 0.384 e. The topological polar surface area (TPSA) is 59.2 Å². The normalized spacial score (nSPS) is 15.0. The summed E-state index contributed by atoms with van der Waals surface area (Å²) in [5.41, 5.74) is 6.15. The predicted octanol–water partition coefficient (Wildman–Crippen LogP) is 1.92. The Balaban J connectivity index is 2.12. The van der Waals surface area contributed by atoms with Crippen molar-refractivity contribution in [3.8, 4) is 0 Å². The van der Waals surface area contributed by atoms with Crippen LogP contribution in [0.3, 0.4) is 0 Å². The fraction of sp³-hybridized carbons (Fsp3) is 0.538. The number of amides is 1. The van der Waals surface area contributed by atoms with E-state index in [1.807, 2.05) is 4.90 Å². The summed E-state index contributed by atoms with van der Waals surface area (Å²) in [6.45, 7) is 5.07. The van der Waals surface area contributed by atoms with Crippen molar-refractivity contribution in [2.45, 2.75) is 32.7 Å². The van der Waals surface area contributed by atoms with Gasteiger partial charge in [0.1, 0.15) is 5.82 Å². The maximum absolute atomic E-state index is 12.3. The highest BCUT2D eigenvalue weighted by Crippen LogP contribution is 2.28. The summed E-state index contributed by atoms with van der Waals surface area (Å²) in [5.74, 6) is 1.01. The smallest absolute Gasteiger partial charge is 0.255 e. The summed E-state index contributed by atoms with van der Waals surface area (Å²) in [4.78, 5) is 18.3. The molecule has 1 saturated carbocycles. The zero-order chi connectivity index (χ0) is 12.4. The van der Waals surface area contributed by atoms with Gasteiger partial charge < -0.3 is 10.6 Å². The molecule has 0 bridgehead atoms. The Kier molecular flexibility index (Phi) is 3.31. The van der Waals surface area contributed by atoms with E-state index < -0.39 is 0 Å². The molecule has 1 aromatic heterocycles. The second-order valence-corrected chi connectivity index (χ2v) is 5.05. The number of rotatable bonds is 4. The molecule has 1 aliphatic carbocycles. The number of nitrogen functional groups attached to an aromatic ring is 1. The van der Waals surface area contributed by atoms with Gasteiger partial charge in [0.2, 0.25) is 0 Å². The Bertz CT molecular complexity index is 396. The van der Waals surface area contributed by atoms with Crippen LogP contribution in [0.4, 0.5) is 5.82 Å². The zero-order valence-electron chi connectivity index (χ0n) is 10.4. The molecule has 2 rings (SSSR count). The Morgan fingerprint density at radius 3 is 2.71 bits per heavy atom. The van der Waals surface area contributed by atoms with Crippen LogP contribution in [-0.2, 0) is 0 Å². The van der Waals surface area contributed by atoms with E-state index in [-0.39, 0.29) is 5.91 Å². The molecule has 0 spiro atoms. The predicted molar refractivity (Wildman–Crippen MR) is 67.5 cm³/mol. The van der Waals surface area contributed by atoms with Crippen molar-refractivity contribution in [2.75, 3.05) is 12.3 Å². The van der Waals surface area contributed by atoms with E-state index in [4.69, 9.17) is 5.73 Å². The van der Waals surface area contributed by atoms with E-state index in [0.717, 1.165) is 19.4 Å². The quantitative estimate of drug-likeness (QED) is 0.864. The van der Waals surface area contributed by atoms with Crippen molar-refractivity contribution < 1.29 is 4.79 Å². The molecule has 17 heavy (non-hydrogen) atoms. The van der Waals surface area contributed by atoms with Crippen LogP contribution < -0.4 is 5.73 Å². The van der Waals surface area contributed by atoms with Gasteiger partial charge in [-0.15, -0.1) is 0 Å². The molecule has 0 saturated heterocycles. The maximum Gasteiger partial charge on any atom is 0.255 e. The SMILES string of the molecule is CC(C)CN(C(=O)c1ccc(N)nc1)C1CC1. The first-order valence-corrected chi connectivity index (χ1v) is 6.10. The monoisotopic (exact) mass is 233 g/mol. The first-order valence-electron chi connectivity index (χ1n) is 6.10. The summed E-state index contributed by atoms with van der Waals surface area (Å²) in [7, 11) is 0. The number of hydrogen-bond acceptors (Lipinski definition) is 3. The lowest BCUT2D eigenvalue weighted by Crippen LogP contribution is -2.36. The standard InChI is InChI=1S/C13H19N3O/c1-9(2)8-16(11-4-5-11)13(17)10-3-6-12(14)15-7-10/h3,6-7,9,11H,4-5,8H2,1-2H3,(H2,14,15). The highest BCUT2D eigenvalue weighted by atomic mass is 16.2. The summed E-state index contributed by atoms with van der Waals surface area (Å²) in [5, 5.41) is 0. The van der Waals surface area contributed by atoms with E-state index >= 15 is 0 Å². The number of hydrogen-bond donors (Lipinski definition) is 1. The van der Waals surface area contributed by atoms with Gasteiger partial charge >= 0.3 is 0 Å². The van der Waals surface area contributed by atoms with Crippen LogP contribution in [0, 0.1) is 5.92 Å². The lowest BCUT2D eigenvalue weighted by atomic mass is 10.1. The number of nitrogens with zero attached hydrogens (tertiary/aromatic N) is 2. The second-order valence-electron chi connectivity index (χ2n) is 5.05. The Labute approximate surface area is 102 Å². The van der Waals surface area contributed by atoms with Crippen LogP contribution in [0.2, 0.25) is 0 Å². The summed E-state index contributed by atoms with van der Waals surface area (Å²) in [6.07, 6.45) is 3.81. The van der Waals surface area contributed by atoms with Gasteiger partial charge in [-0.05, 0) is 30.9 Å². The molecule has 0 aromatic carbocycles. The van der Waals surface area contributed by atoms with Gasteiger partial charge in [0.15, 0.2) is 0 Å². The van der Waals surface area contributed by atoms with Gasteiger partial charge in [-0.3, -0.25) is 4.79 Å². The lowest BCUT2D eigenvalue weighted by molar-refractivity contribution is 0.0722. The van der Waals surface area contributed by atoms with Crippen LogP contribution in [0.15, 0.2) is 18.3 Å². The third kappa shape index (κ3) is 2.96. The number of anilines is 1. The van der Waals surface area contributed by atoms with Gasteiger partial charge in [0, 0.05) is 18.8 Å². The fourth-order valence-corrected chi connectivity index (χ4v) is 1.88. The number of aromatic nitrogens is 1. The highest BCUT2D eigenvalue weighted by Gasteiger charge is 2.33. The Morgan fingerprint density at radius 2 is 2.24 bits per heavy atom. The molecule has 0 unspecified atom stereocenters. The molecule has 1 aromatic rings. The number of carbonyl (C=O) groups excluding carboxylic acids is 1. The van der Waals surface area contributed by atoms with Gasteiger partial charge in [-0.1, -0.05) is 13.8 Å². The van der Waals surface area contributed by atoms with Crippen LogP contribution in [0.5, 0.6) is 0 Å². The minimum atomic E-state index is 0.0775. The number of pyridine rings is 1. The average Bonchev–Trinajstić information content (AvgIpc) is 3.09. The molecule has 2 N–H and O–H groups in total. The third-order valence-corrected chi connectivity index (χ3v) is 2.84. The molecular weight excluding hydrogens is 214 g/mol. The summed E-state index contributed by atoms with van der Waals surface area (Å²) in [6, 6.07) is 3.86. The molecule has 0 radical (unpaired) electrons. The summed E-state index contributed by atoms with van der Waals surface area (Å²) < 4.78 is 0. The van der Waals surface area contributed by atoms with Crippen molar-refractivity contribution in [1.82, 2.24) is 9.88 Å². The molecule has 1 heterocycles. The zero-order valence-corrected chi connectivity index (χ0v) is 10.4. The van der Waals surface area contributed by atoms with Gasteiger partial charge in [-0.2, -0.15) is 0 Å². The Hall–Kier alpha value is -1.58. The van der Waals surface area contributed by atoms with Crippen molar-refractivity contribution in [3.63, 3.8) is 0 Å². The van der Waals surface area contributed by atoms with Gasteiger partial charge in [-0.25, -0.2) is 4.98 Å². The van der Waals surface area contributed by atoms with Gasteiger partial charge in [0.25, 0.3) is 5.91 Å². The van der Waals surface area contributed by atoms with Crippen molar-refractivity contribution in [3.05, 3.63) is 23.9 Å². The second kappa shape index (κ2) is 4.73. The molecule has 92 valence electrons. The van der Waals surface area contributed by atoms with E-state index in [1.165, 1.54) is 0 Å². The maximum atomic E-state index is 12.3. The molecule has 1 aliphatic rings. The number of carbonyl (C=O) groups is 1. The van der Waals surface area contributed by atoms with Gasteiger partial charge in [0.05, 0.1) is 5.56 Å². The van der Waals surface area contributed by atoms with Crippen LogP contribution in [0.25, 0.3) is 0 Å². The molecule has 0 aliphatic heterocycles. The van der Waals surface area contributed by atoms with E-state index in [0.29, 0.717) is 23.3 Å². The molecule has 0 atom stereocenters. The van der Waals surface area contributed by atoms with Crippen molar-refractivity contribution in [1.29, 1.82) is 0 Å². The lowest BCUT2D eigenvalue weighted by Gasteiger charge is -2.24. The minimum Gasteiger partial charge on any atom is -0.384 e. The number of nitrogens with two attached hydrogens (primary N) is 1. The first kappa shape index (κ1) is 11.9. The van der Waals surface area contributed by atoms with Crippen LogP contribution in [-0.4, -0.2) is 28.4 Å². The Morgan fingerprint density at radius 1 is 1.53 bits per heavy atom.